The van der Waals surface area contributed by atoms with E-state index < -0.39 is 0 Å². The summed E-state index contributed by atoms with van der Waals surface area (Å²) in [6.45, 7) is 2.15. The van der Waals surface area contributed by atoms with Gasteiger partial charge in [0.25, 0.3) is 0 Å². The summed E-state index contributed by atoms with van der Waals surface area (Å²) in [5, 5.41) is 0. The third kappa shape index (κ3) is 2.30. The second kappa shape index (κ2) is 4.46. The Kier molecular flexibility index (Phi) is 3.22. The number of hydrogen-bond acceptors (Lipinski definition) is 2. The Hall–Kier alpha value is -0.660. The van der Waals surface area contributed by atoms with Crippen LogP contribution in [0.15, 0.2) is 0 Å². The van der Waals surface area contributed by atoms with E-state index >= 15 is 0 Å². The molecule has 3 unspecified atom stereocenters. The zero-order valence-electron chi connectivity index (χ0n) is 9.50. The van der Waals surface area contributed by atoms with Gasteiger partial charge in [-0.25, -0.2) is 0 Å². The molecule has 0 aromatic carbocycles. The van der Waals surface area contributed by atoms with Gasteiger partial charge < -0.3 is 0 Å². The molecule has 0 aromatic rings. The SMILES string of the molecule is CC(CC1CCCC1=O)C1CCCC1=O. The van der Waals surface area contributed by atoms with Crippen LogP contribution in [0.3, 0.4) is 0 Å². The molecule has 2 aliphatic carbocycles. The van der Waals surface area contributed by atoms with Crippen LogP contribution in [0.1, 0.15) is 51.9 Å². The van der Waals surface area contributed by atoms with E-state index in [0.29, 0.717) is 17.5 Å². The molecule has 0 N–H and O–H groups in total. The second-order valence-electron chi connectivity index (χ2n) is 5.23. The largest absolute Gasteiger partial charge is 0.299 e. The Labute approximate surface area is 91.4 Å². The number of ketones is 2. The maximum absolute atomic E-state index is 11.6. The lowest BCUT2D eigenvalue weighted by Crippen LogP contribution is -2.20. The summed E-state index contributed by atoms with van der Waals surface area (Å²) >= 11 is 0. The van der Waals surface area contributed by atoms with Crippen molar-refractivity contribution < 1.29 is 9.59 Å². The van der Waals surface area contributed by atoms with Crippen LogP contribution in [0.4, 0.5) is 0 Å². The molecule has 2 nitrogen and oxygen atoms in total. The topological polar surface area (TPSA) is 34.1 Å². The summed E-state index contributed by atoms with van der Waals surface area (Å²) in [4.78, 5) is 23.1. The Bertz CT molecular complexity index is 270. The summed E-state index contributed by atoms with van der Waals surface area (Å²) in [5.41, 5.74) is 0. The molecule has 3 atom stereocenters. The Morgan fingerprint density at radius 2 is 1.80 bits per heavy atom. The Morgan fingerprint density at radius 1 is 1.13 bits per heavy atom. The van der Waals surface area contributed by atoms with Gasteiger partial charge in [0.1, 0.15) is 11.6 Å². The molecule has 0 saturated heterocycles. The van der Waals surface area contributed by atoms with Crippen molar-refractivity contribution in [3.63, 3.8) is 0 Å². The van der Waals surface area contributed by atoms with Gasteiger partial charge in [0, 0.05) is 24.7 Å². The van der Waals surface area contributed by atoms with Crippen molar-refractivity contribution in [2.45, 2.75) is 51.9 Å². The average molecular weight is 208 g/mol. The highest BCUT2D eigenvalue weighted by atomic mass is 16.1. The summed E-state index contributed by atoms with van der Waals surface area (Å²) in [6, 6.07) is 0. The molecule has 2 fully saturated rings. The molecule has 2 heteroatoms. The molecule has 0 bridgehead atoms. The zero-order chi connectivity index (χ0) is 10.8. The lowest BCUT2D eigenvalue weighted by atomic mass is 9.83. The molecule has 0 amide bonds. The van der Waals surface area contributed by atoms with Gasteiger partial charge in [0.2, 0.25) is 0 Å². The number of Topliss-reactive ketones (excluding diaryl/α,β-unsaturated/α-hetero) is 2. The van der Waals surface area contributed by atoms with Crippen LogP contribution < -0.4 is 0 Å². The normalized spacial score (nSPS) is 33.7. The molecule has 15 heavy (non-hydrogen) atoms. The maximum atomic E-state index is 11.6. The minimum atomic E-state index is 0.262. The average Bonchev–Trinajstić information content (AvgIpc) is 2.76. The van der Waals surface area contributed by atoms with Gasteiger partial charge in [0.15, 0.2) is 0 Å². The Balaban J connectivity index is 1.88. The predicted molar refractivity (Wildman–Crippen MR) is 58.5 cm³/mol. The molecule has 2 rings (SSSR count). The minimum Gasteiger partial charge on any atom is -0.299 e. The van der Waals surface area contributed by atoms with Crippen molar-refractivity contribution in [2.24, 2.45) is 17.8 Å². The minimum absolute atomic E-state index is 0.262. The van der Waals surface area contributed by atoms with Gasteiger partial charge in [-0.1, -0.05) is 6.92 Å². The fraction of sp³-hybridized carbons (Fsp3) is 0.846. The summed E-state index contributed by atoms with van der Waals surface area (Å²) in [5.74, 6) is 1.83. The van der Waals surface area contributed by atoms with Crippen molar-refractivity contribution in [3.8, 4) is 0 Å². The number of carbonyl (C=O) groups is 2. The van der Waals surface area contributed by atoms with E-state index in [2.05, 4.69) is 6.92 Å². The second-order valence-corrected chi connectivity index (χ2v) is 5.23. The monoisotopic (exact) mass is 208 g/mol. The maximum Gasteiger partial charge on any atom is 0.136 e. The van der Waals surface area contributed by atoms with Crippen molar-refractivity contribution in [1.29, 1.82) is 0 Å². The van der Waals surface area contributed by atoms with Crippen LogP contribution in [0.5, 0.6) is 0 Å². The van der Waals surface area contributed by atoms with Crippen LogP contribution in [0.2, 0.25) is 0 Å². The van der Waals surface area contributed by atoms with Crippen molar-refractivity contribution in [2.75, 3.05) is 0 Å². The van der Waals surface area contributed by atoms with E-state index in [0.717, 1.165) is 44.9 Å². The highest BCUT2D eigenvalue weighted by Crippen LogP contribution is 2.35. The van der Waals surface area contributed by atoms with Crippen molar-refractivity contribution in [3.05, 3.63) is 0 Å². The third-order valence-corrected chi connectivity index (χ3v) is 4.13. The lowest BCUT2D eigenvalue weighted by Gasteiger charge is -2.20. The predicted octanol–water partition coefficient (Wildman–Crippen LogP) is 2.75. The fourth-order valence-corrected chi connectivity index (χ4v) is 3.19. The highest BCUT2D eigenvalue weighted by molar-refractivity contribution is 5.84. The van der Waals surface area contributed by atoms with Gasteiger partial charge in [-0.05, 0) is 38.0 Å². The molecule has 0 heterocycles. The van der Waals surface area contributed by atoms with E-state index in [1.165, 1.54) is 0 Å². The van der Waals surface area contributed by atoms with Crippen LogP contribution in [0, 0.1) is 17.8 Å². The molecule has 0 radical (unpaired) electrons. The summed E-state index contributed by atoms with van der Waals surface area (Å²) in [6.07, 6.45) is 6.74. The first kappa shape index (κ1) is 10.8. The van der Waals surface area contributed by atoms with E-state index in [9.17, 15) is 9.59 Å². The van der Waals surface area contributed by atoms with Crippen LogP contribution in [-0.4, -0.2) is 11.6 Å². The van der Waals surface area contributed by atoms with Gasteiger partial charge in [-0.3, -0.25) is 9.59 Å². The highest BCUT2D eigenvalue weighted by Gasteiger charge is 2.33. The van der Waals surface area contributed by atoms with Gasteiger partial charge in [0.05, 0.1) is 0 Å². The standard InChI is InChI=1S/C13H20O2/c1-9(11-5-3-7-13(11)15)8-10-4-2-6-12(10)14/h9-11H,2-8H2,1H3. The third-order valence-electron chi connectivity index (χ3n) is 4.13. The van der Waals surface area contributed by atoms with E-state index in [1.54, 1.807) is 0 Å². The van der Waals surface area contributed by atoms with Gasteiger partial charge >= 0.3 is 0 Å². The smallest absolute Gasteiger partial charge is 0.136 e. The van der Waals surface area contributed by atoms with Crippen LogP contribution >= 0.6 is 0 Å². The molecule has 0 aromatic heterocycles. The Morgan fingerprint density at radius 3 is 2.33 bits per heavy atom. The van der Waals surface area contributed by atoms with E-state index in [4.69, 9.17) is 0 Å². The van der Waals surface area contributed by atoms with Gasteiger partial charge in [-0.15, -0.1) is 0 Å². The first-order valence-corrected chi connectivity index (χ1v) is 6.24. The first-order chi connectivity index (χ1) is 7.18. The molecule has 2 aliphatic rings. The molecule has 0 spiro atoms. The van der Waals surface area contributed by atoms with Crippen molar-refractivity contribution >= 4 is 11.6 Å². The van der Waals surface area contributed by atoms with Gasteiger partial charge in [-0.2, -0.15) is 0 Å². The number of hydrogen-bond donors (Lipinski definition) is 0. The van der Waals surface area contributed by atoms with E-state index in [1.807, 2.05) is 0 Å². The number of rotatable bonds is 3. The van der Waals surface area contributed by atoms with Crippen LogP contribution in [-0.2, 0) is 9.59 Å². The summed E-state index contributed by atoms with van der Waals surface area (Å²) < 4.78 is 0. The fourth-order valence-electron chi connectivity index (χ4n) is 3.19. The van der Waals surface area contributed by atoms with E-state index in [-0.39, 0.29) is 11.8 Å². The van der Waals surface area contributed by atoms with Crippen molar-refractivity contribution in [1.82, 2.24) is 0 Å². The molecule has 2 saturated carbocycles. The molecular weight excluding hydrogens is 188 g/mol. The summed E-state index contributed by atoms with van der Waals surface area (Å²) in [7, 11) is 0. The molecule has 0 aliphatic heterocycles. The molecular formula is C13H20O2. The lowest BCUT2D eigenvalue weighted by molar-refractivity contribution is -0.124. The van der Waals surface area contributed by atoms with Crippen LogP contribution in [0.25, 0.3) is 0 Å². The molecule has 84 valence electrons. The number of carbonyl (C=O) groups excluding carboxylic acids is 2. The first-order valence-electron chi connectivity index (χ1n) is 6.24. The zero-order valence-corrected chi connectivity index (χ0v) is 9.50. The quantitative estimate of drug-likeness (QED) is 0.714.